The number of allylic oxidation sites excluding steroid dienone is 4. The predicted octanol–water partition coefficient (Wildman–Crippen LogP) is 7.31. The number of fused-ring (bicyclic) bond motifs is 4. The molecule has 0 unspecified atom stereocenters. The molecule has 4 aliphatic rings. The Morgan fingerprint density at radius 2 is 1.86 bits per heavy atom. The maximum atomic E-state index is 10.2. The van der Waals surface area contributed by atoms with Crippen molar-refractivity contribution in [2.75, 3.05) is 0 Å². The van der Waals surface area contributed by atoms with E-state index in [0.29, 0.717) is 16.7 Å². The van der Waals surface area contributed by atoms with Crippen molar-refractivity contribution in [2.24, 2.45) is 40.4 Å². The summed E-state index contributed by atoms with van der Waals surface area (Å²) in [5.74, 6) is 3.92. The van der Waals surface area contributed by atoms with Crippen LogP contribution >= 0.6 is 0 Å². The van der Waals surface area contributed by atoms with Crippen molar-refractivity contribution in [3.8, 4) is 0 Å². The molecule has 1 heteroatoms. The van der Waals surface area contributed by atoms with E-state index in [1.54, 1.807) is 5.57 Å². The van der Waals surface area contributed by atoms with E-state index in [0.717, 1.165) is 36.5 Å². The van der Waals surface area contributed by atoms with Crippen LogP contribution in [0.4, 0.5) is 0 Å². The third kappa shape index (κ3) is 3.34. The Kier molecular flexibility index (Phi) is 5.62. The molecule has 0 aromatic heterocycles. The van der Waals surface area contributed by atoms with Crippen molar-refractivity contribution in [3.05, 3.63) is 23.3 Å². The van der Waals surface area contributed by atoms with Crippen LogP contribution < -0.4 is 0 Å². The summed E-state index contributed by atoms with van der Waals surface area (Å²) in [6.07, 6.45) is 17.9. The van der Waals surface area contributed by atoms with E-state index in [9.17, 15) is 5.11 Å². The molecule has 0 aromatic carbocycles. The van der Waals surface area contributed by atoms with Crippen molar-refractivity contribution >= 4 is 0 Å². The van der Waals surface area contributed by atoms with Crippen LogP contribution in [0.25, 0.3) is 0 Å². The highest BCUT2D eigenvalue weighted by atomic mass is 16.3. The standard InChI is InChI=1S/C27H44O/c1-18(2)7-6-8-19(3)23-11-12-24-22-10-9-20-17-21(28)13-15-26(20,4)25(22)14-16-27(23,24)5/h9-10,18-21,23,25,28H,6-8,11-17H2,1-5H3/t19-,20-,21+,23-,25+,26+,27-/m1/s1. The minimum Gasteiger partial charge on any atom is -0.393 e. The number of hydrogen-bond donors (Lipinski definition) is 1. The molecule has 158 valence electrons. The second-order valence-corrected chi connectivity index (χ2v) is 11.8. The summed E-state index contributed by atoms with van der Waals surface area (Å²) in [4.78, 5) is 0. The lowest BCUT2D eigenvalue weighted by Crippen LogP contribution is -2.46. The summed E-state index contributed by atoms with van der Waals surface area (Å²) < 4.78 is 0. The van der Waals surface area contributed by atoms with Gasteiger partial charge in [-0.3, -0.25) is 0 Å². The molecule has 0 saturated heterocycles. The molecule has 0 aromatic rings. The Labute approximate surface area is 174 Å². The quantitative estimate of drug-likeness (QED) is 0.527. The van der Waals surface area contributed by atoms with Gasteiger partial charge in [-0.1, -0.05) is 71.6 Å². The summed E-state index contributed by atoms with van der Waals surface area (Å²) in [7, 11) is 0. The van der Waals surface area contributed by atoms with Crippen LogP contribution in [0.5, 0.6) is 0 Å². The molecule has 28 heavy (non-hydrogen) atoms. The van der Waals surface area contributed by atoms with Gasteiger partial charge in [-0.2, -0.15) is 0 Å². The van der Waals surface area contributed by atoms with Gasteiger partial charge in [0.1, 0.15) is 0 Å². The minimum absolute atomic E-state index is 0.0756. The van der Waals surface area contributed by atoms with E-state index < -0.39 is 0 Å². The van der Waals surface area contributed by atoms with Crippen molar-refractivity contribution in [3.63, 3.8) is 0 Å². The first-order valence-corrected chi connectivity index (χ1v) is 12.4. The van der Waals surface area contributed by atoms with Crippen LogP contribution in [0.2, 0.25) is 0 Å². The third-order valence-electron chi connectivity index (χ3n) is 9.71. The summed E-state index contributed by atoms with van der Waals surface area (Å²) in [6.45, 7) is 12.4. The Balaban J connectivity index is 1.57. The van der Waals surface area contributed by atoms with Gasteiger partial charge in [0.15, 0.2) is 0 Å². The van der Waals surface area contributed by atoms with Crippen LogP contribution in [0.1, 0.15) is 98.8 Å². The largest absolute Gasteiger partial charge is 0.393 e. The fourth-order valence-electron chi connectivity index (χ4n) is 7.91. The molecule has 2 saturated carbocycles. The average Bonchev–Trinajstić information content (AvgIpc) is 2.99. The van der Waals surface area contributed by atoms with Gasteiger partial charge in [-0.25, -0.2) is 0 Å². The van der Waals surface area contributed by atoms with Gasteiger partial charge in [0.25, 0.3) is 0 Å². The molecule has 0 spiro atoms. The van der Waals surface area contributed by atoms with Gasteiger partial charge in [0, 0.05) is 0 Å². The molecule has 4 rings (SSSR count). The zero-order valence-electron chi connectivity index (χ0n) is 19.1. The summed E-state index contributed by atoms with van der Waals surface area (Å²) in [5, 5.41) is 10.2. The second-order valence-electron chi connectivity index (χ2n) is 11.8. The summed E-state index contributed by atoms with van der Waals surface area (Å²) >= 11 is 0. The van der Waals surface area contributed by atoms with Gasteiger partial charge in [0.05, 0.1) is 6.10 Å². The van der Waals surface area contributed by atoms with E-state index in [4.69, 9.17) is 0 Å². The average molecular weight is 385 g/mol. The molecule has 1 N–H and O–H groups in total. The Morgan fingerprint density at radius 3 is 2.61 bits per heavy atom. The fraction of sp³-hybridized carbons (Fsp3) is 0.852. The molecule has 7 atom stereocenters. The second kappa shape index (κ2) is 7.60. The molecule has 0 bridgehead atoms. The highest BCUT2D eigenvalue weighted by Crippen LogP contribution is 2.64. The maximum Gasteiger partial charge on any atom is 0.0546 e. The highest BCUT2D eigenvalue weighted by Gasteiger charge is 2.54. The maximum absolute atomic E-state index is 10.2. The van der Waals surface area contributed by atoms with Crippen molar-refractivity contribution in [1.29, 1.82) is 0 Å². The predicted molar refractivity (Wildman–Crippen MR) is 119 cm³/mol. The van der Waals surface area contributed by atoms with Crippen LogP contribution in [-0.4, -0.2) is 11.2 Å². The van der Waals surface area contributed by atoms with Crippen molar-refractivity contribution < 1.29 is 5.11 Å². The van der Waals surface area contributed by atoms with E-state index in [1.165, 1.54) is 51.4 Å². The topological polar surface area (TPSA) is 20.2 Å². The van der Waals surface area contributed by atoms with Gasteiger partial charge >= 0.3 is 0 Å². The minimum atomic E-state index is -0.0756. The van der Waals surface area contributed by atoms with Crippen LogP contribution in [0.3, 0.4) is 0 Å². The molecule has 0 amide bonds. The van der Waals surface area contributed by atoms with E-state index in [2.05, 4.69) is 46.8 Å². The SMILES string of the molecule is CC(C)CCC[C@@H](C)[C@H]1CCC2=C3C=C[C@@H]4C[C@@H](O)CC[C@]4(C)[C@H]3CC[C@@]21C. The molecular formula is C27H44O. The van der Waals surface area contributed by atoms with Gasteiger partial charge < -0.3 is 5.11 Å². The lowest BCUT2D eigenvalue weighted by atomic mass is 9.50. The normalized spacial score (nSPS) is 43.7. The molecular weight excluding hydrogens is 340 g/mol. The molecule has 0 aliphatic heterocycles. The van der Waals surface area contributed by atoms with Crippen molar-refractivity contribution in [2.45, 2.75) is 105 Å². The zero-order chi connectivity index (χ0) is 20.1. The first-order valence-electron chi connectivity index (χ1n) is 12.4. The van der Waals surface area contributed by atoms with Gasteiger partial charge in [-0.05, 0) is 90.9 Å². The van der Waals surface area contributed by atoms with E-state index in [-0.39, 0.29) is 6.10 Å². The lowest BCUT2D eigenvalue weighted by Gasteiger charge is -2.54. The third-order valence-corrected chi connectivity index (χ3v) is 9.71. The number of rotatable bonds is 5. The van der Waals surface area contributed by atoms with Gasteiger partial charge in [-0.15, -0.1) is 0 Å². The van der Waals surface area contributed by atoms with Crippen molar-refractivity contribution in [1.82, 2.24) is 0 Å². The molecule has 4 aliphatic carbocycles. The smallest absolute Gasteiger partial charge is 0.0546 e. The number of aliphatic hydroxyl groups is 1. The fourth-order valence-corrected chi connectivity index (χ4v) is 7.91. The molecule has 2 fully saturated rings. The summed E-state index contributed by atoms with van der Waals surface area (Å²) in [6, 6.07) is 0. The molecule has 1 nitrogen and oxygen atoms in total. The van der Waals surface area contributed by atoms with Crippen LogP contribution in [0, 0.1) is 40.4 Å². The van der Waals surface area contributed by atoms with E-state index >= 15 is 0 Å². The zero-order valence-corrected chi connectivity index (χ0v) is 19.1. The first-order chi connectivity index (χ1) is 13.3. The summed E-state index contributed by atoms with van der Waals surface area (Å²) in [5.41, 5.74) is 4.41. The number of aliphatic hydroxyl groups excluding tert-OH is 1. The van der Waals surface area contributed by atoms with E-state index in [1.807, 2.05) is 5.57 Å². The highest BCUT2D eigenvalue weighted by molar-refractivity contribution is 5.42. The Hall–Kier alpha value is -0.560. The Bertz CT molecular complexity index is 643. The molecule has 0 heterocycles. The van der Waals surface area contributed by atoms with Crippen LogP contribution in [0.15, 0.2) is 23.3 Å². The van der Waals surface area contributed by atoms with Crippen LogP contribution in [-0.2, 0) is 0 Å². The molecule has 0 radical (unpaired) electrons. The lowest BCUT2D eigenvalue weighted by molar-refractivity contribution is -0.00325. The first kappa shape index (κ1) is 20.7. The number of hydrogen-bond acceptors (Lipinski definition) is 1. The monoisotopic (exact) mass is 384 g/mol. The Morgan fingerprint density at radius 1 is 1.07 bits per heavy atom. The van der Waals surface area contributed by atoms with Gasteiger partial charge in [0.2, 0.25) is 0 Å².